The lowest BCUT2D eigenvalue weighted by Gasteiger charge is -1.95. The zero-order valence-corrected chi connectivity index (χ0v) is 7.10. The lowest BCUT2D eigenvalue weighted by Crippen LogP contribution is -2.11. The van der Waals surface area contributed by atoms with Crippen LogP contribution in [0.25, 0.3) is 0 Å². The fourth-order valence-electron chi connectivity index (χ4n) is 0.603. The average Bonchev–Trinajstić information content (AvgIpc) is 2.52. The molecule has 1 aromatic rings. The molecule has 1 aromatic heterocycles. The zero-order valence-electron chi connectivity index (χ0n) is 6.28. The first-order valence-corrected chi connectivity index (χ1v) is 4.22. The molecule has 0 aliphatic rings. The first-order chi connectivity index (χ1) is 5.34. The molecule has 0 saturated carbocycles. The monoisotopic (exact) mass is 170 g/mol. The van der Waals surface area contributed by atoms with E-state index >= 15 is 0 Å². The summed E-state index contributed by atoms with van der Waals surface area (Å²) in [5, 5.41) is 5.64. The molecule has 3 nitrogen and oxygen atoms in total. The maximum Gasteiger partial charge on any atom is 0.180 e. The largest absolute Gasteiger partial charge is 0.394 e. The van der Waals surface area contributed by atoms with Crippen LogP contribution in [-0.2, 0) is 4.84 Å². The topological polar surface area (TPSA) is 47.6 Å². The lowest BCUT2D eigenvalue weighted by molar-refractivity contribution is 0.158. The van der Waals surface area contributed by atoms with Crippen molar-refractivity contribution < 1.29 is 4.84 Å². The Morgan fingerprint density at radius 2 is 2.64 bits per heavy atom. The molecule has 0 aliphatic heterocycles. The standard InChI is InChI=1S/C7H10N2OS/c1-2-10-9-7(8)6-4-3-5-11-6/h3-5H,2H2,1H3,(H2,8,9). The molecular weight excluding hydrogens is 160 g/mol. The van der Waals surface area contributed by atoms with Crippen molar-refractivity contribution in [3.05, 3.63) is 22.4 Å². The van der Waals surface area contributed by atoms with Gasteiger partial charge in [0.1, 0.15) is 6.61 Å². The number of hydrogen-bond acceptors (Lipinski definition) is 3. The Hall–Kier alpha value is -1.03. The summed E-state index contributed by atoms with van der Waals surface area (Å²) in [5.74, 6) is 0.446. The highest BCUT2D eigenvalue weighted by atomic mass is 32.1. The Bertz CT molecular complexity index is 231. The summed E-state index contributed by atoms with van der Waals surface area (Å²) in [7, 11) is 0. The van der Waals surface area contributed by atoms with Gasteiger partial charge in [0.15, 0.2) is 5.84 Å². The van der Waals surface area contributed by atoms with E-state index in [9.17, 15) is 0 Å². The second kappa shape index (κ2) is 3.98. The van der Waals surface area contributed by atoms with Gasteiger partial charge in [0.25, 0.3) is 0 Å². The molecular formula is C7H10N2OS. The van der Waals surface area contributed by atoms with Gasteiger partial charge in [0.05, 0.1) is 4.88 Å². The molecule has 2 N–H and O–H groups in total. The van der Waals surface area contributed by atoms with E-state index in [1.54, 1.807) is 11.3 Å². The summed E-state index contributed by atoms with van der Waals surface area (Å²) in [6, 6.07) is 3.83. The minimum Gasteiger partial charge on any atom is -0.394 e. The van der Waals surface area contributed by atoms with Crippen LogP contribution in [0.15, 0.2) is 22.7 Å². The number of amidine groups is 1. The quantitative estimate of drug-likeness (QED) is 0.423. The number of hydrogen-bond donors (Lipinski definition) is 1. The molecule has 0 aliphatic carbocycles. The lowest BCUT2D eigenvalue weighted by atomic mass is 10.4. The molecule has 1 rings (SSSR count). The van der Waals surface area contributed by atoms with Gasteiger partial charge in [-0.15, -0.1) is 11.3 Å². The Kier molecular flexibility index (Phi) is 2.92. The van der Waals surface area contributed by atoms with Crippen LogP contribution in [-0.4, -0.2) is 12.4 Å². The second-order valence-corrected chi connectivity index (χ2v) is 2.82. The van der Waals surface area contributed by atoms with Crippen LogP contribution in [0.1, 0.15) is 11.8 Å². The molecule has 0 bridgehead atoms. The van der Waals surface area contributed by atoms with E-state index in [-0.39, 0.29) is 0 Å². The second-order valence-electron chi connectivity index (χ2n) is 1.87. The van der Waals surface area contributed by atoms with Crippen LogP contribution in [0.4, 0.5) is 0 Å². The molecule has 0 aromatic carbocycles. The van der Waals surface area contributed by atoms with Gasteiger partial charge in [-0.05, 0) is 18.4 Å². The van der Waals surface area contributed by atoms with Crippen molar-refractivity contribution in [3.8, 4) is 0 Å². The third-order valence-electron chi connectivity index (χ3n) is 1.07. The van der Waals surface area contributed by atoms with Crippen molar-refractivity contribution in [2.75, 3.05) is 6.61 Å². The highest BCUT2D eigenvalue weighted by molar-refractivity contribution is 7.12. The van der Waals surface area contributed by atoms with Gasteiger partial charge in [-0.1, -0.05) is 11.2 Å². The highest BCUT2D eigenvalue weighted by Gasteiger charge is 1.97. The van der Waals surface area contributed by atoms with Crippen LogP contribution >= 0.6 is 11.3 Å². The predicted octanol–water partition coefficient (Wildman–Crippen LogP) is 1.40. The molecule has 0 spiro atoms. The summed E-state index contributed by atoms with van der Waals surface area (Å²) in [5.41, 5.74) is 5.56. The van der Waals surface area contributed by atoms with Gasteiger partial charge in [0, 0.05) is 0 Å². The summed E-state index contributed by atoms with van der Waals surface area (Å²) in [6.07, 6.45) is 0. The van der Waals surface area contributed by atoms with Gasteiger partial charge in [-0.3, -0.25) is 0 Å². The Labute approximate surface area is 69.5 Å². The summed E-state index contributed by atoms with van der Waals surface area (Å²) >= 11 is 1.55. The Morgan fingerprint density at radius 1 is 1.82 bits per heavy atom. The van der Waals surface area contributed by atoms with Crippen molar-refractivity contribution in [2.24, 2.45) is 10.9 Å². The van der Waals surface area contributed by atoms with Crippen molar-refractivity contribution in [2.45, 2.75) is 6.92 Å². The van der Waals surface area contributed by atoms with Gasteiger partial charge in [-0.2, -0.15) is 0 Å². The van der Waals surface area contributed by atoms with Crippen molar-refractivity contribution in [3.63, 3.8) is 0 Å². The molecule has 11 heavy (non-hydrogen) atoms. The fourth-order valence-corrected chi connectivity index (χ4v) is 1.22. The van der Waals surface area contributed by atoms with Crippen LogP contribution in [0, 0.1) is 0 Å². The molecule has 0 atom stereocenters. The summed E-state index contributed by atoms with van der Waals surface area (Å²) in [4.78, 5) is 5.73. The first-order valence-electron chi connectivity index (χ1n) is 3.34. The Morgan fingerprint density at radius 3 is 3.18 bits per heavy atom. The summed E-state index contributed by atoms with van der Waals surface area (Å²) < 4.78 is 0. The number of thiophene rings is 1. The smallest absolute Gasteiger partial charge is 0.180 e. The number of oxime groups is 1. The van der Waals surface area contributed by atoms with Crippen LogP contribution in [0.2, 0.25) is 0 Å². The van der Waals surface area contributed by atoms with Crippen LogP contribution in [0.5, 0.6) is 0 Å². The minimum atomic E-state index is 0.446. The normalized spacial score (nSPS) is 11.5. The van der Waals surface area contributed by atoms with E-state index in [0.29, 0.717) is 12.4 Å². The zero-order chi connectivity index (χ0) is 8.10. The van der Waals surface area contributed by atoms with E-state index < -0.39 is 0 Å². The molecule has 1 heterocycles. The average molecular weight is 170 g/mol. The third-order valence-corrected chi connectivity index (χ3v) is 1.96. The molecule has 4 heteroatoms. The van der Waals surface area contributed by atoms with Gasteiger partial charge in [0.2, 0.25) is 0 Å². The van der Waals surface area contributed by atoms with Gasteiger partial charge in [-0.25, -0.2) is 0 Å². The summed E-state index contributed by atoms with van der Waals surface area (Å²) in [6.45, 7) is 2.41. The van der Waals surface area contributed by atoms with E-state index in [1.807, 2.05) is 24.4 Å². The number of nitrogens with two attached hydrogens (primary N) is 1. The number of nitrogens with zero attached hydrogens (tertiary/aromatic N) is 1. The van der Waals surface area contributed by atoms with Gasteiger partial charge < -0.3 is 10.6 Å². The molecule has 0 unspecified atom stereocenters. The molecule has 0 fully saturated rings. The molecule has 60 valence electrons. The molecule has 0 radical (unpaired) electrons. The fraction of sp³-hybridized carbons (Fsp3) is 0.286. The van der Waals surface area contributed by atoms with Crippen molar-refractivity contribution >= 4 is 17.2 Å². The van der Waals surface area contributed by atoms with E-state index in [1.165, 1.54) is 0 Å². The van der Waals surface area contributed by atoms with E-state index in [0.717, 1.165) is 4.88 Å². The van der Waals surface area contributed by atoms with Gasteiger partial charge >= 0.3 is 0 Å². The maximum absolute atomic E-state index is 5.56. The van der Waals surface area contributed by atoms with Crippen LogP contribution < -0.4 is 5.73 Å². The first kappa shape index (κ1) is 8.07. The van der Waals surface area contributed by atoms with Crippen molar-refractivity contribution in [1.29, 1.82) is 0 Å². The number of rotatable bonds is 3. The minimum absolute atomic E-state index is 0.446. The van der Waals surface area contributed by atoms with E-state index in [4.69, 9.17) is 10.6 Å². The Balaban J connectivity index is 2.62. The third kappa shape index (κ3) is 2.23. The van der Waals surface area contributed by atoms with Crippen LogP contribution in [0.3, 0.4) is 0 Å². The molecule has 0 saturated heterocycles. The molecule has 0 amide bonds. The van der Waals surface area contributed by atoms with Crippen molar-refractivity contribution in [1.82, 2.24) is 0 Å². The highest BCUT2D eigenvalue weighted by Crippen LogP contribution is 2.07. The predicted molar refractivity (Wildman–Crippen MR) is 46.7 cm³/mol. The van der Waals surface area contributed by atoms with E-state index in [2.05, 4.69) is 5.16 Å². The maximum atomic E-state index is 5.56. The SMILES string of the molecule is CCO/N=C(\N)c1cccs1.